The van der Waals surface area contributed by atoms with Gasteiger partial charge in [0.05, 0.1) is 11.2 Å². The fraction of sp³-hybridized carbons (Fsp3) is 0.154. The fourth-order valence-corrected chi connectivity index (χ4v) is 1.63. The summed E-state index contributed by atoms with van der Waals surface area (Å²) in [5.74, 6) is -1.09. The number of hydrogen-bond acceptors (Lipinski definition) is 3. The van der Waals surface area contributed by atoms with E-state index < -0.39 is 18.0 Å². The van der Waals surface area contributed by atoms with E-state index in [1.807, 2.05) is 12.1 Å². The fourth-order valence-electron chi connectivity index (χ4n) is 1.63. The van der Waals surface area contributed by atoms with Crippen LogP contribution in [0, 0.1) is 0 Å². The molecule has 0 saturated carbocycles. The summed E-state index contributed by atoms with van der Waals surface area (Å²) in [6.07, 6.45) is 1.67. The van der Waals surface area contributed by atoms with Gasteiger partial charge in [0, 0.05) is 11.6 Å². The van der Waals surface area contributed by atoms with E-state index in [4.69, 9.17) is 5.11 Å². The van der Waals surface area contributed by atoms with Crippen LogP contribution in [0.15, 0.2) is 36.5 Å². The summed E-state index contributed by atoms with van der Waals surface area (Å²) in [5, 5.41) is 14.5. The largest absolute Gasteiger partial charge is 0.480 e. The number of rotatable bonds is 3. The molecule has 6 heteroatoms. The van der Waals surface area contributed by atoms with Gasteiger partial charge in [0.15, 0.2) is 0 Å². The van der Waals surface area contributed by atoms with Gasteiger partial charge in [0.25, 0.3) is 0 Å². The minimum absolute atomic E-state index is 0.564. The Hall–Kier alpha value is -2.63. The second kappa shape index (κ2) is 5.34. The Labute approximate surface area is 109 Å². The summed E-state index contributed by atoms with van der Waals surface area (Å²) in [4.78, 5) is 26.5. The molecular formula is C13H13N3O3. The summed E-state index contributed by atoms with van der Waals surface area (Å²) >= 11 is 0. The third kappa shape index (κ3) is 2.98. The lowest BCUT2D eigenvalue weighted by Crippen LogP contribution is -2.40. The molecule has 6 nitrogen and oxygen atoms in total. The van der Waals surface area contributed by atoms with Crippen molar-refractivity contribution in [2.45, 2.75) is 13.0 Å². The van der Waals surface area contributed by atoms with Crippen LogP contribution in [-0.4, -0.2) is 28.1 Å². The van der Waals surface area contributed by atoms with Gasteiger partial charge in [-0.15, -0.1) is 0 Å². The van der Waals surface area contributed by atoms with E-state index in [0.29, 0.717) is 5.69 Å². The Balaban J connectivity index is 2.17. The number of fused-ring (bicyclic) bond motifs is 1. The first-order valence-corrected chi connectivity index (χ1v) is 5.72. The number of pyridine rings is 1. The van der Waals surface area contributed by atoms with Crippen LogP contribution in [0.2, 0.25) is 0 Å². The minimum atomic E-state index is -1.09. The zero-order chi connectivity index (χ0) is 13.8. The number of nitrogens with one attached hydrogen (secondary N) is 2. The highest BCUT2D eigenvalue weighted by atomic mass is 16.4. The summed E-state index contributed by atoms with van der Waals surface area (Å²) in [6.45, 7) is 1.40. The molecule has 0 fully saturated rings. The van der Waals surface area contributed by atoms with Crippen LogP contribution in [0.4, 0.5) is 10.5 Å². The molecule has 3 N–H and O–H groups in total. The highest BCUT2D eigenvalue weighted by Crippen LogP contribution is 2.20. The van der Waals surface area contributed by atoms with Crippen molar-refractivity contribution in [1.29, 1.82) is 0 Å². The Kier molecular flexibility index (Phi) is 3.61. The van der Waals surface area contributed by atoms with Crippen LogP contribution in [0.1, 0.15) is 6.92 Å². The Morgan fingerprint density at radius 1 is 1.26 bits per heavy atom. The molecule has 0 bridgehead atoms. The zero-order valence-electron chi connectivity index (χ0n) is 10.3. The van der Waals surface area contributed by atoms with Crippen LogP contribution in [0.3, 0.4) is 0 Å². The topological polar surface area (TPSA) is 91.3 Å². The van der Waals surface area contributed by atoms with E-state index in [0.717, 1.165) is 10.9 Å². The van der Waals surface area contributed by atoms with Crippen LogP contribution in [0.25, 0.3) is 10.9 Å². The van der Waals surface area contributed by atoms with Gasteiger partial charge in [0.1, 0.15) is 6.04 Å². The molecule has 19 heavy (non-hydrogen) atoms. The van der Waals surface area contributed by atoms with E-state index in [-0.39, 0.29) is 0 Å². The van der Waals surface area contributed by atoms with Gasteiger partial charge < -0.3 is 15.7 Å². The van der Waals surface area contributed by atoms with Gasteiger partial charge in [-0.2, -0.15) is 0 Å². The molecule has 2 aromatic rings. The van der Waals surface area contributed by atoms with E-state index >= 15 is 0 Å². The van der Waals surface area contributed by atoms with Gasteiger partial charge in [-0.05, 0) is 31.2 Å². The van der Waals surface area contributed by atoms with Crippen molar-refractivity contribution in [3.8, 4) is 0 Å². The number of aromatic nitrogens is 1. The first-order chi connectivity index (χ1) is 9.08. The average molecular weight is 259 g/mol. The molecule has 2 rings (SSSR count). The molecule has 1 unspecified atom stereocenters. The molecular weight excluding hydrogens is 246 g/mol. The summed E-state index contributed by atoms with van der Waals surface area (Å²) in [6, 6.07) is 7.42. The zero-order valence-corrected chi connectivity index (χ0v) is 10.3. The Morgan fingerprint density at radius 2 is 2.05 bits per heavy atom. The van der Waals surface area contributed by atoms with E-state index in [2.05, 4.69) is 15.6 Å². The number of urea groups is 1. The third-order valence-corrected chi connectivity index (χ3v) is 2.61. The van der Waals surface area contributed by atoms with Crippen LogP contribution in [0.5, 0.6) is 0 Å². The molecule has 98 valence electrons. The number of aliphatic carboxylic acids is 1. The van der Waals surface area contributed by atoms with E-state index in [1.54, 1.807) is 24.4 Å². The lowest BCUT2D eigenvalue weighted by molar-refractivity contribution is -0.138. The first-order valence-electron chi connectivity index (χ1n) is 5.72. The predicted octanol–water partition coefficient (Wildman–Crippen LogP) is 1.83. The number of hydrogen-bond donors (Lipinski definition) is 3. The van der Waals surface area contributed by atoms with Crippen molar-refractivity contribution in [2.24, 2.45) is 0 Å². The molecule has 0 aliphatic carbocycles. The third-order valence-electron chi connectivity index (χ3n) is 2.61. The monoisotopic (exact) mass is 259 g/mol. The van der Waals surface area contributed by atoms with Crippen molar-refractivity contribution in [3.63, 3.8) is 0 Å². The summed E-state index contributed by atoms with van der Waals surface area (Å²) < 4.78 is 0. The van der Waals surface area contributed by atoms with Crippen LogP contribution >= 0.6 is 0 Å². The Morgan fingerprint density at radius 3 is 2.79 bits per heavy atom. The Bertz CT molecular complexity index is 622. The normalized spacial score (nSPS) is 11.8. The molecule has 1 aromatic heterocycles. The van der Waals surface area contributed by atoms with Crippen LogP contribution < -0.4 is 10.6 Å². The molecule has 0 spiro atoms. The van der Waals surface area contributed by atoms with E-state index in [1.165, 1.54) is 6.92 Å². The number of carbonyl (C=O) groups excluding carboxylic acids is 1. The molecule has 1 atom stereocenters. The number of carbonyl (C=O) groups is 2. The second-order valence-electron chi connectivity index (χ2n) is 4.03. The minimum Gasteiger partial charge on any atom is -0.480 e. The number of carboxylic acid groups (broad SMARTS) is 1. The van der Waals surface area contributed by atoms with Gasteiger partial charge in [0.2, 0.25) is 0 Å². The maximum absolute atomic E-state index is 11.7. The smallest absolute Gasteiger partial charge is 0.325 e. The average Bonchev–Trinajstić information content (AvgIpc) is 2.39. The molecule has 2 amide bonds. The van der Waals surface area contributed by atoms with Crippen molar-refractivity contribution in [3.05, 3.63) is 36.5 Å². The predicted molar refractivity (Wildman–Crippen MR) is 71.0 cm³/mol. The quantitative estimate of drug-likeness (QED) is 0.784. The highest BCUT2D eigenvalue weighted by Gasteiger charge is 2.14. The van der Waals surface area contributed by atoms with Crippen molar-refractivity contribution in [2.75, 3.05) is 5.32 Å². The SMILES string of the molecule is CC(NC(=O)Nc1cccc2ncccc12)C(=O)O. The molecule has 0 saturated heterocycles. The number of amides is 2. The highest BCUT2D eigenvalue weighted by molar-refractivity contribution is 6.01. The summed E-state index contributed by atoms with van der Waals surface area (Å²) in [7, 11) is 0. The number of nitrogens with zero attached hydrogens (tertiary/aromatic N) is 1. The van der Waals surface area contributed by atoms with Gasteiger partial charge >= 0.3 is 12.0 Å². The molecule has 0 radical (unpaired) electrons. The first kappa shape index (κ1) is 12.8. The second-order valence-corrected chi connectivity index (χ2v) is 4.03. The van der Waals surface area contributed by atoms with Gasteiger partial charge in [-0.3, -0.25) is 9.78 Å². The number of carboxylic acids is 1. The van der Waals surface area contributed by atoms with Crippen LogP contribution in [-0.2, 0) is 4.79 Å². The maximum Gasteiger partial charge on any atom is 0.325 e. The lowest BCUT2D eigenvalue weighted by atomic mass is 10.2. The van der Waals surface area contributed by atoms with Crippen molar-refractivity contribution < 1.29 is 14.7 Å². The van der Waals surface area contributed by atoms with Gasteiger partial charge in [-0.1, -0.05) is 6.07 Å². The molecule has 1 heterocycles. The van der Waals surface area contributed by atoms with Crippen molar-refractivity contribution in [1.82, 2.24) is 10.3 Å². The standard InChI is InChI=1S/C13H13N3O3/c1-8(12(17)18)15-13(19)16-11-6-2-5-10-9(11)4-3-7-14-10/h2-8H,1H3,(H,17,18)(H2,15,16,19). The maximum atomic E-state index is 11.7. The van der Waals surface area contributed by atoms with E-state index in [9.17, 15) is 9.59 Å². The number of benzene rings is 1. The van der Waals surface area contributed by atoms with Crippen molar-refractivity contribution >= 4 is 28.6 Å². The summed E-state index contributed by atoms with van der Waals surface area (Å²) in [5.41, 5.74) is 1.34. The lowest BCUT2D eigenvalue weighted by Gasteiger charge is -2.12. The molecule has 1 aromatic carbocycles. The molecule has 0 aliphatic rings. The van der Waals surface area contributed by atoms with Gasteiger partial charge in [-0.25, -0.2) is 4.79 Å². The number of anilines is 1. The molecule has 0 aliphatic heterocycles.